The number of aryl methyl sites for hydroxylation is 1. The zero-order chi connectivity index (χ0) is 22.0. The first kappa shape index (κ1) is 21.1. The Balaban J connectivity index is 1.79. The fourth-order valence-electron chi connectivity index (χ4n) is 4.36. The molecule has 1 aliphatic rings. The van der Waals surface area contributed by atoms with Gasteiger partial charge in [-0.25, -0.2) is 0 Å². The molecule has 0 unspecified atom stereocenters. The summed E-state index contributed by atoms with van der Waals surface area (Å²) in [5.74, 6) is -0.252. The van der Waals surface area contributed by atoms with Crippen molar-refractivity contribution in [1.82, 2.24) is 19.8 Å². The molecule has 0 spiro atoms. The van der Waals surface area contributed by atoms with Crippen molar-refractivity contribution in [2.45, 2.75) is 32.4 Å². The lowest BCUT2D eigenvalue weighted by molar-refractivity contribution is -0.140. The van der Waals surface area contributed by atoms with Crippen molar-refractivity contribution in [2.24, 2.45) is 0 Å². The van der Waals surface area contributed by atoms with Gasteiger partial charge in [0.1, 0.15) is 0 Å². The molecular formula is C24H26N4O2S. The number of esters is 1. The Hall–Kier alpha value is -3.19. The minimum absolute atomic E-state index is 0.0873. The van der Waals surface area contributed by atoms with Crippen LogP contribution >= 0.6 is 12.2 Å². The van der Waals surface area contributed by atoms with Crippen LogP contribution in [0.25, 0.3) is 5.69 Å². The Morgan fingerprint density at radius 3 is 2.58 bits per heavy atom. The topological polar surface area (TPSA) is 59.4 Å². The Bertz CT molecular complexity index is 1080. The summed E-state index contributed by atoms with van der Waals surface area (Å²) in [7, 11) is 1.41. The molecule has 1 aromatic carbocycles. The van der Waals surface area contributed by atoms with Crippen LogP contribution in [0.5, 0.6) is 0 Å². The second-order valence-electron chi connectivity index (χ2n) is 7.64. The second-order valence-corrected chi connectivity index (χ2v) is 8.03. The molecule has 2 aromatic heterocycles. The summed E-state index contributed by atoms with van der Waals surface area (Å²) >= 11 is 5.69. The molecule has 160 valence electrons. The molecular weight excluding hydrogens is 408 g/mol. The lowest BCUT2D eigenvalue weighted by Crippen LogP contribution is -2.32. The highest BCUT2D eigenvalue weighted by Crippen LogP contribution is 2.41. The summed E-state index contributed by atoms with van der Waals surface area (Å²) in [6, 6.07) is 18.2. The van der Waals surface area contributed by atoms with Crippen LogP contribution in [0.4, 0.5) is 0 Å². The van der Waals surface area contributed by atoms with Crippen molar-refractivity contribution >= 4 is 23.3 Å². The minimum atomic E-state index is -0.252. The maximum Gasteiger partial charge on any atom is 0.307 e. The van der Waals surface area contributed by atoms with Gasteiger partial charge in [0.2, 0.25) is 0 Å². The van der Waals surface area contributed by atoms with Crippen LogP contribution in [0, 0.1) is 13.8 Å². The quantitative estimate of drug-likeness (QED) is 0.467. The zero-order valence-corrected chi connectivity index (χ0v) is 18.7. The van der Waals surface area contributed by atoms with Crippen LogP contribution in [-0.4, -0.2) is 39.2 Å². The molecule has 3 aromatic rings. The molecule has 1 saturated heterocycles. The van der Waals surface area contributed by atoms with Crippen LogP contribution in [0.1, 0.15) is 41.1 Å². The highest BCUT2D eigenvalue weighted by molar-refractivity contribution is 7.80. The van der Waals surface area contributed by atoms with Crippen LogP contribution in [0.3, 0.4) is 0 Å². The van der Waals surface area contributed by atoms with E-state index in [4.69, 9.17) is 17.0 Å². The summed E-state index contributed by atoms with van der Waals surface area (Å²) in [6.45, 7) is 4.71. The first-order valence-electron chi connectivity index (χ1n) is 10.3. The summed E-state index contributed by atoms with van der Waals surface area (Å²) < 4.78 is 7.11. The van der Waals surface area contributed by atoms with Crippen molar-refractivity contribution in [3.05, 3.63) is 83.4 Å². The number of carbonyl (C=O) groups is 1. The number of para-hydroxylation sites is 1. The standard InChI is InChI=1S/C24H26N4O2S/c1-16-15-19(17(2)28(16)18-9-5-4-6-10-18)23-22(20-11-7-8-13-25-20)26-24(31)27(23)14-12-21(29)30-3/h4-11,13,15,22-23H,12,14H2,1-3H3,(H,26,31)/t22-,23+/m0/s1. The van der Waals surface area contributed by atoms with E-state index in [1.807, 2.05) is 36.4 Å². The SMILES string of the molecule is COC(=O)CCN1C(=S)N[C@@H](c2ccccn2)[C@H]1c1cc(C)n(-c2ccccc2)c1C. The number of thiocarbonyl (C=S) groups is 1. The van der Waals surface area contributed by atoms with Gasteiger partial charge >= 0.3 is 5.97 Å². The second kappa shape index (κ2) is 8.89. The average molecular weight is 435 g/mol. The van der Waals surface area contributed by atoms with E-state index in [0.29, 0.717) is 11.7 Å². The zero-order valence-electron chi connectivity index (χ0n) is 17.9. The first-order valence-corrected chi connectivity index (χ1v) is 10.7. The van der Waals surface area contributed by atoms with Crippen LogP contribution < -0.4 is 5.32 Å². The third-order valence-corrected chi connectivity index (χ3v) is 6.14. The molecule has 0 amide bonds. The van der Waals surface area contributed by atoms with Gasteiger partial charge in [-0.3, -0.25) is 9.78 Å². The number of pyridine rings is 1. The van der Waals surface area contributed by atoms with E-state index in [9.17, 15) is 4.79 Å². The Kier molecular flexibility index (Phi) is 6.04. The van der Waals surface area contributed by atoms with E-state index in [2.05, 4.69) is 51.8 Å². The summed E-state index contributed by atoms with van der Waals surface area (Å²) in [5.41, 5.74) is 5.48. The Labute approximate surface area is 187 Å². The van der Waals surface area contributed by atoms with Gasteiger partial charge in [-0.15, -0.1) is 0 Å². The van der Waals surface area contributed by atoms with Crippen LogP contribution in [0.15, 0.2) is 60.8 Å². The molecule has 1 aliphatic heterocycles. The number of hydrogen-bond donors (Lipinski definition) is 1. The van der Waals surface area contributed by atoms with E-state index in [0.717, 1.165) is 28.3 Å². The van der Waals surface area contributed by atoms with Gasteiger partial charge < -0.3 is 19.5 Å². The summed E-state index contributed by atoms with van der Waals surface area (Å²) in [4.78, 5) is 18.5. The normalized spacial score (nSPS) is 18.2. The maximum atomic E-state index is 11.9. The number of benzene rings is 1. The smallest absolute Gasteiger partial charge is 0.307 e. The molecule has 3 heterocycles. The number of methoxy groups -OCH3 is 1. The molecule has 0 radical (unpaired) electrons. The van der Waals surface area contributed by atoms with Gasteiger partial charge in [0.15, 0.2) is 5.11 Å². The van der Waals surface area contributed by atoms with Crippen molar-refractivity contribution in [3.63, 3.8) is 0 Å². The number of hydrogen-bond acceptors (Lipinski definition) is 4. The van der Waals surface area contributed by atoms with Crippen molar-refractivity contribution in [2.75, 3.05) is 13.7 Å². The largest absolute Gasteiger partial charge is 0.469 e. The van der Waals surface area contributed by atoms with E-state index in [-0.39, 0.29) is 24.5 Å². The molecule has 0 bridgehead atoms. The predicted molar refractivity (Wildman–Crippen MR) is 124 cm³/mol. The number of ether oxygens (including phenoxy) is 1. The fourth-order valence-corrected chi connectivity index (χ4v) is 4.69. The highest BCUT2D eigenvalue weighted by atomic mass is 32.1. The van der Waals surface area contributed by atoms with Crippen LogP contribution in [-0.2, 0) is 9.53 Å². The van der Waals surface area contributed by atoms with Gasteiger partial charge in [0, 0.05) is 29.8 Å². The average Bonchev–Trinajstić information content (AvgIpc) is 3.28. The lowest BCUT2D eigenvalue weighted by atomic mass is 9.96. The monoisotopic (exact) mass is 434 g/mol. The number of carbonyl (C=O) groups excluding carboxylic acids is 1. The molecule has 2 atom stereocenters. The summed E-state index contributed by atoms with van der Waals surface area (Å²) in [6.07, 6.45) is 2.06. The predicted octanol–water partition coefficient (Wildman–Crippen LogP) is 4.02. The fraction of sp³-hybridized carbons (Fsp3) is 0.292. The highest BCUT2D eigenvalue weighted by Gasteiger charge is 2.41. The van der Waals surface area contributed by atoms with Crippen molar-refractivity contribution in [3.8, 4) is 5.69 Å². The van der Waals surface area contributed by atoms with Gasteiger partial charge in [-0.05, 0) is 62.0 Å². The summed E-state index contributed by atoms with van der Waals surface area (Å²) in [5, 5.41) is 4.06. The number of nitrogens with zero attached hydrogens (tertiary/aromatic N) is 3. The molecule has 1 fully saturated rings. The third kappa shape index (κ3) is 4.05. The molecule has 31 heavy (non-hydrogen) atoms. The lowest BCUT2D eigenvalue weighted by Gasteiger charge is -2.28. The van der Waals surface area contributed by atoms with Crippen molar-refractivity contribution in [1.29, 1.82) is 0 Å². The molecule has 0 saturated carbocycles. The van der Waals surface area contributed by atoms with E-state index >= 15 is 0 Å². The van der Waals surface area contributed by atoms with Gasteiger partial charge in [-0.1, -0.05) is 24.3 Å². The van der Waals surface area contributed by atoms with E-state index in [1.54, 1.807) is 6.20 Å². The van der Waals surface area contributed by atoms with Gasteiger partial charge in [0.25, 0.3) is 0 Å². The molecule has 6 nitrogen and oxygen atoms in total. The van der Waals surface area contributed by atoms with Crippen molar-refractivity contribution < 1.29 is 9.53 Å². The van der Waals surface area contributed by atoms with E-state index in [1.165, 1.54) is 7.11 Å². The number of rotatable bonds is 6. The molecule has 1 N–H and O–H groups in total. The maximum absolute atomic E-state index is 11.9. The van der Waals surface area contributed by atoms with Gasteiger partial charge in [0.05, 0.1) is 31.3 Å². The minimum Gasteiger partial charge on any atom is -0.469 e. The molecule has 0 aliphatic carbocycles. The number of nitrogens with one attached hydrogen (secondary N) is 1. The Morgan fingerprint density at radius 2 is 1.90 bits per heavy atom. The Morgan fingerprint density at radius 1 is 1.16 bits per heavy atom. The molecule has 7 heteroatoms. The molecule has 4 rings (SSSR count). The van der Waals surface area contributed by atoms with Gasteiger partial charge in [-0.2, -0.15) is 0 Å². The third-order valence-electron chi connectivity index (χ3n) is 5.79. The number of aromatic nitrogens is 2. The van der Waals surface area contributed by atoms with E-state index < -0.39 is 0 Å². The van der Waals surface area contributed by atoms with Crippen LogP contribution in [0.2, 0.25) is 0 Å². The first-order chi connectivity index (χ1) is 15.0.